The molecule has 1 saturated heterocycles. The molecule has 9 heteroatoms. The lowest BCUT2D eigenvalue weighted by atomic mass is 9.47. The van der Waals surface area contributed by atoms with Gasteiger partial charge in [0.25, 0.3) is 5.91 Å². The van der Waals surface area contributed by atoms with Gasteiger partial charge in [0.15, 0.2) is 0 Å². The van der Waals surface area contributed by atoms with E-state index in [0.29, 0.717) is 29.2 Å². The van der Waals surface area contributed by atoms with Crippen LogP contribution in [0.3, 0.4) is 0 Å². The number of carbonyl (C=O) groups is 2. The largest absolute Gasteiger partial charge is 0.481 e. The second-order valence-corrected chi connectivity index (χ2v) is 13.2. The number of halogens is 2. The Labute approximate surface area is 240 Å². The topological polar surface area (TPSA) is 76.7 Å². The summed E-state index contributed by atoms with van der Waals surface area (Å²) in [5.41, 5.74) is 1.45. The lowest BCUT2D eigenvalue weighted by Crippen LogP contribution is -2.59. The first-order valence-corrected chi connectivity index (χ1v) is 14.9. The molecule has 2 aromatic carbocycles. The summed E-state index contributed by atoms with van der Waals surface area (Å²) >= 11 is 12.4. The third-order valence-electron chi connectivity index (χ3n) is 9.44. The van der Waals surface area contributed by atoms with E-state index in [1.807, 2.05) is 30.3 Å². The molecule has 7 rings (SSSR count). The van der Waals surface area contributed by atoms with E-state index in [4.69, 9.17) is 32.5 Å². The normalized spacial score (nSPS) is 28.2. The molecule has 0 aromatic heterocycles. The third kappa shape index (κ3) is 5.61. The van der Waals surface area contributed by atoms with Crippen LogP contribution >= 0.6 is 23.2 Å². The molecule has 2 amide bonds. The monoisotopic (exact) mass is 568 g/mol. The maximum absolute atomic E-state index is 13.8. The number of hydrogen-bond acceptors (Lipinski definition) is 4. The highest BCUT2D eigenvalue weighted by Gasteiger charge is 2.63. The smallest absolute Gasteiger partial charge is 0.404 e. The van der Waals surface area contributed by atoms with E-state index in [-0.39, 0.29) is 40.1 Å². The van der Waals surface area contributed by atoms with Gasteiger partial charge in [0.2, 0.25) is 5.91 Å². The van der Waals surface area contributed by atoms with E-state index in [2.05, 4.69) is 24.5 Å². The molecule has 206 valence electrons. The molecule has 6 atom stereocenters. The molecule has 2 aromatic rings. The van der Waals surface area contributed by atoms with Crippen molar-refractivity contribution in [3.05, 3.63) is 69.7 Å². The lowest BCUT2D eigenvalue weighted by Gasteiger charge is -2.60. The van der Waals surface area contributed by atoms with Gasteiger partial charge in [-0.2, -0.15) is 0 Å². The zero-order valence-electron chi connectivity index (χ0n) is 22.4. The van der Waals surface area contributed by atoms with Crippen LogP contribution in [-0.4, -0.2) is 43.1 Å². The van der Waals surface area contributed by atoms with Gasteiger partial charge in [-0.15, -0.1) is 0 Å². The van der Waals surface area contributed by atoms with Gasteiger partial charge in [0.05, 0.1) is 28.7 Å². The fraction of sp³-hybridized carbons (Fsp3) is 0.533. The summed E-state index contributed by atoms with van der Waals surface area (Å²) in [6.07, 6.45) is 5.83. The van der Waals surface area contributed by atoms with Crippen LogP contribution < -0.4 is 10.6 Å². The van der Waals surface area contributed by atoms with Gasteiger partial charge < -0.3 is 19.9 Å². The summed E-state index contributed by atoms with van der Waals surface area (Å²) in [7, 11) is -0.477. The fourth-order valence-corrected chi connectivity index (χ4v) is 7.13. The van der Waals surface area contributed by atoms with E-state index in [1.165, 1.54) is 12.5 Å². The van der Waals surface area contributed by atoms with E-state index < -0.39 is 19.1 Å². The predicted octanol–water partition coefficient (Wildman–Crippen LogP) is 5.50. The van der Waals surface area contributed by atoms with Crippen molar-refractivity contribution in [2.45, 2.75) is 76.6 Å². The minimum Gasteiger partial charge on any atom is -0.404 e. The van der Waals surface area contributed by atoms with Crippen molar-refractivity contribution in [3.63, 3.8) is 0 Å². The molecule has 0 radical (unpaired) electrons. The Morgan fingerprint density at radius 3 is 2.54 bits per heavy atom. The van der Waals surface area contributed by atoms with Crippen LogP contribution in [0, 0.1) is 23.2 Å². The fourth-order valence-electron chi connectivity index (χ4n) is 6.75. The average molecular weight is 569 g/mol. The summed E-state index contributed by atoms with van der Waals surface area (Å²) in [6.45, 7) is 4.68. The highest BCUT2D eigenvalue weighted by Crippen LogP contribution is 2.61. The van der Waals surface area contributed by atoms with Crippen molar-refractivity contribution in [1.82, 2.24) is 10.6 Å². The Morgan fingerprint density at radius 2 is 1.82 bits per heavy atom. The average Bonchev–Trinajstić information content (AvgIpc) is 3.63. The minimum atomic E-state index is -0.813. The molecule has 6 nitrogen and oxygen atoms in total. The zero-order chi connectivity index (χ0) is 27.3. The van der Waals surface area contributed by atoms with Crippen LogP contribution in [0.4, 0.5) is 0 Å². The highest BCUT2D eigenvalue weighted by atomic mass is 35.5. The third-order valence-corrected chi connectivity index (χ3v) is 10.0. The van der Waals surface area contributed by atoms with Crippen molar-refractivity contribution < 1.29 is 18.9 Å². The van der Waals surface area contributed by atoms with E-state index >= 15 is 0 Å². The maximum atomic E-state index is 13.8. The van der Waals surface area contributed by atoms with Crippen LogP contribution in [0.2, 0.25) is 10.0 Å². The zero-order valence-corrected chi connectivity index (χ0v) is 23.9. The Hall–Kier alpha value is -2.06. The molecule has 5 fully saturated rings. The number of benzene rings is 2. The van der Waals surface area contributed by atoms with Gasteiger partial charge in [0, 0.05) is 11.4 Å². The van der Waals surface area contributed by atoms with Crippen molar-refractivity contribution in [2.24, 2.45) is 23.2 Å². The maximum Gasteiger partial charge on any atom is 0.481 e. The first-order valence-electron chi connectivity index (χ1n) is 14.1. The van der Waals surface area contributed by atoms with Crippen molar-refractivity contribution >= 4 is 42.1 Å². The second-order valence-electron chi connectivity index (χ2n) is 12.4. The number of amides is 2. The van der Waals surface area contributed by atoms with Gasteiger partial charge >= 0.3 is 7.12 Å². The van der Waals surface area contributed by atoms with Crippen LogP contribution in [0.5, 0.6) is 0 Å². The molecule has 5 aliphatic rings. The van der Waals surface area contributed by atoms with Gasteiger partial charge in [-0.3, -0.25) is 9.59 Å². The Kier molecular flexibility index (Phi) is 7.47. The van der Waals surface area contributed by atoms with Crippen LogP contribution in [0.25, 0.3) is 0 Å². The second kappa shape index (κ2) is 10.7. The summed E-state index contributed by atoms with van der Waals surface area (Å²) < 4.78 is 13.0. The molecule has 1 unspecified atom stereocenters. The molecule has 2 bridgehead atoms. The molecule has 4 aliphatic carbocycles. The highest BCUT2D eigenvalue weighted by molar-refractivity contribution is 6.47. The first-order chi connectivity index (χ1) is 18.7. The number of nitrogens with one attached hydrogen (secondary N) is 2. The summed E-state index contributed by atoms with van der Waals surface area (Å²) in [6, 6.07) is 13.6. The van der Waals surface area contributed by atoms with Crippen LogP contribution in [-0.2, 0) is 20.5 Å². The number of rotatable bonds is 9. The van der Waals surface area contributed by atoms with E-state index in [1.54, 1.807) is 12.1 Å². The van der Waals surface area contributed by atoms with Crippen molar-refractivity contribution in [1.29, 1.82) is 0 Å². The molecule has 2 N–H and O–H groups in total. The molecular formula is C30H35BCl2N2O4. The molecule has 4 saturated carbocycles. The van der Waals surface area contributed by atoms with Crippen LogP contribution in [0.15, 0.2) is 48.5 Å². The van der Waals surface area contributed by atoms with Gasteiger partial charge in [0.1, 0.15) is 6.04 Å². The van der Waals surface area contributed by atoms with E-state index in [9.17, 15) is 9.59 Å². The van der Waals surface area contributed by atoms with Crippen molar-refractivity contribution in [3.8, 4) is 0 Å². The number of hydrogen-bond donors (Lipinski definition) is 2. The van der Waals surface area contributed by atoms with Crippen molar-refractivity contribution in [2.75, 3.05) is 0 Å². The lowest BCUT2D eigenvalue weighted by molar-refractivity contribution is -0.150. The summed E-state index contributed by atoms with van der Waals surface area (Å²) in [5.74, 6) is 0.743. The standard InChI is InChI=1S/C30H35BCl2N2O4/c1-30(2)19-14-22(30)27-25(15-19)38-31(39-27)26(13-18-8-9-18)35-29(37)24(12-17-6-4-3-5-7-17)34-28(36)21-16-20(32)10-11-23(21)33/h3-7,10-11,16,18-19,22,24-27H,8-9,12-15H2,1-2H3,(H,34,36)(H,35,37)/t19-,22+,24-,25+,26-,27?/m0/s1. The van der Waals surface area contributed by atoms with Gasteiger partial charge in [-0.25, -0.2) is 0 Å². The SMILES string of the molecule is CC1(C)[C@H]2C[C@@H]1C1OB([C@H](CC3CC3)NC(=O)[C@H](Cc3ccccc3)NC(=O)c3cc(Cl)ccc3Cl)O[C@@H]1C2. The Balaban J connectivity index is 1.19. The molecule has 1 aliphatic heterocycles. The number of carbonyl (C=O) groups excluding carboxylic acids is 2. The van der Waals surface area contributed by atoms with E-state index in [0.717, 1.165) is 31.2 Å². The van der Waals surface area contributed by atoms with Gasteiger partial charge in [-0.05, 0) is 66.2 Å². The summed E-state index contributed by atoms with van der Waals surface area (Å²) in [5, 5.41) is 6.82. The molecular weight excluding hydrogens is 534 g/mol. The quantitative estimate of drug-likeness (QED) is 0.392. The molecule has 1 heterocycles. The van der Waals surface area contributed by atoms with Gasteiger partial charge in [-0.1, -0.05) is 80.2 Å². The summed E-state index contributed by atoms with van der Waals surface area (Å²) in [4.78, 5) is 27.1. The predicted molar refractivity (Wildman–Crippen MR) is 153 cm³/mol. The Morgan fingerprint density at radius 1 is 1.05 bits per heavy atom. The molecule has 39 heavy (non-hydrogen) atoms. The first kappa shape index (κ1) is 27.1. The van der Waals surface area contributed by atoms with Crippen LogP contribution in [0.1, 0.15) is 61.9 Å². The Bertz CT molecular complexity index is 1240. The molecule has 0 spiro atoms. The minimum absolute atomic E-state index is 0.0818.